The lowest BCUT2D eigenvalue weighted by atomic mass is 9.90. The van der Waals surface area contributed by atoms with Gasteiger partial charge in [-0.1, -0.05) is 97.1 Å². The van der Waals surface area contributed by atoms with Gasteiger partial charge < -0.3 is 11.5 Å². The highest BCUT2D eigenvalue weighted by molar-refractivity contribution is 5.92. The molecule has 4 N–H and O–H groups in total. The third-order valence-electron chi connectivity index (χ3n) is 8.72. The van der Waals surface area contributed by atoms with Crippen molar-refractivity contribution in [3.63, 3.8) is 0 Å². The number of rotatable bonds is 3. The molecule has 2 nitrogen and oxygen atoms in total. The van der Waals surface area contributed by atoms with Gasteiger partial charge in [0.2, 0.25) is 0 Å². The normalized spacial score (nSPS) is 12.5. The summed E-state index contributed by atoms with van der Waals surface area (Å²) < 4.78 is 0. The highest BCUT2D eigenvalue weighted by atomic mass is 14.6. The SMILES string of the molecule is Nc1ccc(-c2ccc(N)c(-c3cccc4c3Cc3ccccc3-4)c2)cc1-c1cccc2c1Cc1ccccc1-2. The third kappa shape index (κ3) is 3.43. The van der Waals surface area contributed by atoms with Gasteiger partial charge >= 0.3 is 0 Å². The Morgan fingerprint density at radius 3 is 1.18 bits per heavy atom. The van der Waals surface area contributed by atoms with E-state index >= 15 is 0 Å². The summed E-state index contributed by atoms with van der Waals surface area (Å²) in [6, 6.07) is 43.4. The Labute approximate surface area is 234 Å². The zero-order valence-electron chi connectivity index (χ0n) is 22.1. The Bertz CT molecular complexity index is 1840. The average molecular weight is 513 g/mol. The molecular weight excluding hydrogens is 484 g/mol. The van der Waals surface area contributed by atoms with E-state index in [0.29, 0.717) is 0 Å². The van der Waals surface area contributed by atoms with Crippen LogP contribution in [-0.2, 0) is 12.8 Å². The summed E-state index contributed by atoms with van der Waals surface area (Å²) in [6.45, 7) is 0. The van der Waals surface area contributed by atoms with Crippen LogP contribution in [-0.4, -0.2) is 0 Å². The van der Waals surface area contributed by atoms with E-state index in [0.717, 1.165) is 46.5 Å². The average Bonchev–Trinajstić information content (AvgIpc) is 3.57. The number of benzene rings is 6. The minimum Gasteiger partial charge on any atom is -0.398 e. The predicted molar refractivity (Wildman–Crippen MR) is 168 cm³/mol. The molecule has 0 bridgehead atoms. The molecule has 0 saturated heterocycles. The Hall–Kier alpha value is -5.08. The van der Waals surface area contributed by atoms with Crippen LogP contribution in [0.2, 0.25) is 0 Å². The topological polar surface area (TPSA) is 52.0 Å². The number of hydrogen-bond donors (Lipinski definition) is 2. The van der Waals surface area contributed by atoms with Crippen molar-refractivity contribution < 1.29 is 0 Å². The van der Waals surface area contributed by atoms with E-state index in [4.69, 9.17) is 11.5 Å². The molecule has 2 aliphatic carbocycles. The molecule has 40 heavy (non-hydrogen) atoms. The first-order valence-corrected chi connectivity index (χ1v) is 13.9. The van der Waals surface area contributed by atoms with Gasteiger partial charge in [-0.15, -0.1) is 0 Å². The second-order valence-corrected chi connectivity index (χ2v) is 10.9. The van der Waals surface area contributed by atoms with Crippen LogP contribution in [0.4, 0.5) is 11.4 Å². The lowest BCUT2D eigenvalue weighted by Gasteiger charge is -2.16. The van der Waals surface area contributed by atoms with Gasteiger partial charge in [0.25, 0.3) is 0 Å². The standard InChI is InChI=1S/C38H28N2/c39-37-17-15-23(19-35(37)31-13-5-11-29-27-9-3-1-7-25(27)21-33(29)31)24-16-18-38(40)36(20-24)32-14-6-12-30-28-10-4-2-8-26(28)22-34(30)32/h1-20H,21-22,39-40H2. The predicted octanol–water partition coefficient (Wildman–Crippen LogP) is 8.99. The minimum absolute atomic E-state index is 0.794. The van der Waals surface area contributed by atoms with E-state index in [-0.39, 0.29) is 0 Å². The summed E-state index contributed by atoms with van der Waals surface area (Å²) in [5.74, 6) is 0. The number of nitrogen functional groups attached to an aromatic ring is 2. The number of hydrogen-bond acceptors (Lipinski definition) is 2. The summed E-state index contributed by atoms with van der Waals surface area (Å²) >= 11 is 0. The van der Waals surface area contributed by atoms with Crippen molar-refractivity contribution in [1.82, 2.24) is 0 Å². The van der Waals surface area contributed by atoms with E-state index in [2.05, 4.69) is 109 Å². The fraction of sp³-hybridized carbons (Fsp3) is 0.0526. The highest BCUT2D eigenvalue weighted by Gasteiger charge is 2.24. The molecule has 2 heteroatoms. The molecule has 0 saturated carbocycles. The lowest BCUT2D eigenvalue weighted by molar-refractivity contribution is 1.26. The maximum atomic E-state index is 6.63. The molecule has 0 aliphatic heterocycles. The molecule has 0 radical (unpaired) electrons. The molecule has 6 aromatic carbocycles. The fourth-order valence-corrected chi connectivity index (χ4v) is 6.76. The maximum absolute atomic E-state index is 6.63. The van der Waals surface area contributed by atoms with E-state index in [1.54, 1.807) is 0 Å². The quantitative estimate of drug-likeness (QED) is 0.232. The molecule has 0 amide bonds. The highest BCUT2D eigenvalue weighted by Crippen LogP contribution is 2.45. The van der Waals surface area contributed by atoms with Crippen molar-refractivity contribution in [2.24, 2.45) is 0 Å². The van der Waals surface area contributed by atoms with Crippen molar-refractivity contribution in [2.75, 3.05) is 11.5 Å². The van der Waals surface area contributed by atoms with Crippen LogP contribution in [0, 0.1) is 0 Å². The Morgan fingerprint density at radius 1 is 0.350 bits per heavy atom. The summed E-state index contributed by atoms with van der Waals surface area (Å²) in [5, 5.41) is 0. The van der Waals surface area contributed by atoms with Gasteiger partial charge in [-0.2, -0.15) is 0 Å². The van der Waals surface area contributed by atoms with E-state index in [9.17, 15) is 0 Å². The van der Waals surface area contributed by atoms with E-state index < -0.39 is 0 Å². The van der Waals surface area contributed by atoms with Gasteiger partial charge in [-0.05, 0) is 104 Å². The second-order valence-electron chi connectivity index (χ2n) is 10.9. The minimum atomic E-state index is 0.794. The molecule has 0 heterocycles. The zero-order chi connectivity index (χ0) is 26.8. The molecular formula is C38H28N2. The van der Waals surface area contributed by atoms with Crippen LogP contribution in [0.15, 0.2) is 121 Å². The first-order chi connectivity index (χ1) is 19.7. The zero-order valence-corrected chi connectivity index (χ0v) is 22.1. The molecule has 0 spiro atoms. The molecule has 0 aromatic heterocycles. The number of fused-ring (bicyclic) bond motifs is 6. The van der Waals surface area contributed by atoms with Crippen molar-refractivity contribution >= 4 is 11.4 Å². The van der Waals surface area contributed by atoms with Gasteiger partial charge in [-0.25, -0.2) is 0 Å². The van der Waals surface area contributed by atoms with Gasteiger partial charge in [0.15, 0.2) is 0 Å². The van der Waals surface area contributed by atoms with Crippen LogP contribution in [0.3, 0.4) is 0 Å². The lowest BCUT2D eigenvalue weighted by Crippen LogP contribution is -1.96. The molecule has 6 aromatic rings. The largest absolute Gasteiger partial charge is 0.398 e. The fourth-order valence-electron chi connectivity index (χ4n) is 6.76. The Morgan fingerprint density at radius 2 is 0.725 bits per heavy atom. The summed E-state index contributed by atoms with van der Waals surface area (Å²) in [7, 11) is 0. The van der Waals surface area contributed by atoms with Crippen LogP contribution < -0.4 is 11.5 Å². The molecule has 2 aliphatic rings. The summed E-state index contributed by atoms with van der Waals surface area (Å²) in [5.41, 5.74) is 32.4. The smallest absolute Gasteiger partial charge is 0.0394 e. The molecule has 0 atom stereocenters. The first kappa shape index (κ1) is 22.9. The monoisotopic (exact) mass is 512 g/mol. The van der Waals surface area contributed by atoms with Crippen LogP contribution in [0.1, 0.15) is 22.3 Å². The van der Waals surface area contributed by atoms with Crippen molar-refractivity contribution in [1.29, 1.82) is 0 Å². The molecule has 190 valence electrons. The van der Waals surface area contributed by atoms with Gasteiger partial charge in [0.05, 0.1) is 0 Å². The van der Waals surface area contributed by atoms with E-state index in [1.807, 2.05) is 12.1 Å². The van der Waals surface area contributed by atoms with Crippen LogP contribution in [0.5, 0.6) is 0 Å². The van der Waals surface area contributed by atoms with Crippen molar-refractivity contribution in [3.05, 3.63) is 144 Å². The molecule has 0 unspecified atom stereocenters. The maximum Gasteiger partial charge on any atom is 0.0394 e. The molecule has 0 fully saturated rings. The van der Waals surface area contributed by atoms with Gasteiger partial charge in [0.1, 0.15) is 0 Å². The van der Waals surface area contributed by atoms with Crippen LogP contribution >= 0.6 is 0 Å². The van der Waals surface area contributed by atoms with Crippen molar-refractivity contribution in [2.45, 2.75) is 12.8 Å². The summed E-state index contributed by atoms with van der Waals surface area (Å²) in [6.07, 6.45) is 1.86. The molecule has 8 rings (SSSR count). The second kappa shape index (κ2) is 8.72. The third-order valence-corrected chi connectivity index (χ3v) is 8.72. The number of nitrogens with two attached hydrogens (primary N) is 2. The Balaban J connectivity index is 1.23. The van der Waals surface area contributed by atoms with Gasteiger partial charge in [0, 0.05) is 22.5 Å². The number of anilines is 2. The van der Waals surface area contributed by atoms with Crippen molar-refractivity contribution in [3.8, 4) is 55.6 Å². The summed E-state index contributed by atoms with van der Waals surface area (Å²) in [4.78, 5) is 0. The van der Waals surface area contributed by atoms with Crippen LogP contribution in [0.25, 0.3) is 55.6 Å². The van der Waals surface area contributed by atoms with Gasteiger partial charge in [-0.3, -0.25) is 0 Å². The van der Waals surface area contributed by atoms with E-state index in [1.165, 1.54) is 55.6 Å². The Kier molecular flexibility index (Phi) is 4.99. The first-order valence-electron chi connectivity index (χ1n) is 13.9.